The minimum Gasteiger partial charge on any atom is -0.475 e. The number of nitrogens with zero attached hydrogens (tertiary/aromatic N) is 4. The normalized spacial score (nSPS) is 13.4. The third-order valence-electron chi connectivity index (χ3n) is 4.73. The average Bonchev–Trinajstić information content (AvgIpc) is 3.08. The number of nitrogens with one attached hydrogen (secondary N) is 1. The number of nitrogens with two attached hydrogens (primary N) is 1. The standard InChI is InChI=1S/C21H24N6O2/c1-12(2)28-20-9-15(16(22)10-25-20)21(23)14-4-6-24-19(8-14)27-7-5-18-17(11-27)26-13(3)29-18/h4,6,8-10,12,23H,5,7,11,22H2,1-3H3. The number of anilines is 2. The molecule has 0 bridgehead atoms. The number of fused-ring (bicyclic) bond motifs is 1. The van der Waals surface area contributed by atoms with Gasteiger partial charge in [0.2, 0.25) is 5.88 Å². The summed E-state index contributed by atoms with van der Waals surface area (Å²) in [6, 6.07) is 5.43. The highest BCUT2D eigenvalue weighted by atomic mass is 16.5. The summed E-state index contributed by atoms with van der Waals surface area (Å²) in [6.45, 7) is 7.14. The van der Waals surface area contributed by atoms with Crippen LogP contribution in [0, 0.1) is 12.3 Å². The molecule has 29 heavy (non-hydrogen) atoms. The number of hydrogen-bond donors (Lipinski definition) is 2. The van der Waals surface area contributed by atoms with Crippen molar-refractivity contribution >= 4 is 17.2 Å². The van der Waals surface area contributed by atoms with Crippen molar-refractivity contribution in [1.29, 1.82) is 5.41 Å². The second-order valence-corrected chi connectivity index (χ2v) is 7.33. The van der Waals surface area contributed by atoms with E-state index in [1.165, 1.54) is 6.20 Å². The molecule has 1 aliphatic rings. The molecule has 0 aromatic carbocycles. The van der Waals surface area contributed by atoms with Crippen molar-refractivity contribution in [1.82, 2.24) is 15.0 Å². The predicted octanol–water partition coefficient (Wildman–Crippen LogP) is 3.12. The van der Waals surface area contributed by atoms with Crippen molar-refractivity contribution in [3.63, 3.8) is 0 Å². The molecule has 3 aromatic rings. The van der Waals surface area contributed by atoms with Crippen molar-refractivity contribution in [3.05, 3.63) is 59.1 Å². The van der Waals surface area contributed by atoms with Crippen LogP contribution in [0.2, 0.25) is 0 Å². The van der Waals surface area contributed by atoms with E-state index in [0.717, 1.165) is 35.8 Å². The van der Waals surface area contributed by atoms with Crippen LogP contribution in [0.15, 0.2) is 35.0 Å². The first-order chi connectivity index (χ1) is 13.9. The van der Waals surface area contributed by atoms with E-state index in [-0.39, 0.29) is 6.10 Å². The van der Waals surface area contributed by atoms with E-state index in [1.54, 1.807) is 12.3 Å². The molecule has 4 heterocycles. The van der Waals surface area contributed by atoms with Crippen LogP contribution in [0.1, 0.15) is 42.3 Å². The Morgan fingerprint density at radius 2 is 2.14 bits per heavy atom. The third-order valence-corrected chi connectivity index (χ3v) is 4.73. The maximum absolute atomic E-state index is 8.68. The molecule has 0 unspecified atom stereocenters. The lowest BCUT2D eigenvalue weighted by Gasteiger charge is -2.26. The first kappa shape index (κ1) is 18.9. The zero-order valence-electron chi connectivity index (χ0n) is 16.8. The Morgan fingerprint density at radius 1 is 1.31 bits per heavy atom. The number of pyridine rings is 2. The van der Waals surface area contributed by atoms with Gasteiger partial charge in [0.15, 0.2) is 5.89 Å². The molecule has 8 nitrogen and oxygen atoms in total. The Labute approximate surface area is 169 Å². The van der Waals surface area contributed by atoms with Gasteiger partial charge in [0.05, 0.1) is 30.2 Å². The molecule has 3 aromatic heterocycles. The average molecular weight is 392 g/mol. The van der Waals surface area contributed by atoms with E-state index in [1.807, 2.05) is 32.9 Å². The molecule has 0 saturated heterocycles. The smallest absolute Gasteiger partial charge is 0.214 e. The highest BCUT2D eigenvalue weighted by Gasteiger charge is 2.23. The van der Waals surface area contributed by atoms with Crippen molar-refractivity contribution in [3.8, 4) is 5.88 Å². The van der Waals surface area contributed by atoms with Gasteiger partial charge >= 0.3 is 0 Å². The van der Waals surface area contributed by atoms with Crippen molar-refractivity contribution in [2.24, 2.45) is 0 Å². The number of rotatable bonds is 5. The fourth-order valence-electron chi connectivity index (χ4n) is 3.39. The van der Waals surface area contributed by atoms with Crippen LogP contribution in [0.3, 0.4) is 0 Å². The number of oxazole rings is 1. The van der Waals surface area contributed by atoms with Gasteiger partial charge in [0.25, 0.3) is 0 Å². The molecule has 1 aliphatic heterocycles. The molecular weight excluding hydrogens is 368 g/mol. The first-order valence-corrected chi connectivity index (χ1v) is 9.58. The Bertz CT molecular complexity index is 1060. The molecule has 0 radical (unpaired) electrons. The molecule has 0 spiro atoms. The van der Waals surface area contributed by atoms with Crippen LogP contribution in [0.5, 0.6) is 5.88 Å². The zero-order chi connectivity index (χ0) is 20.5. The Hall–Kier alpha value is -3.42. The summed E-state index contributed by atoms with van der Waals surface area (Å²) in [4.78, 5) is 15.3. The van der Waals surface area contributed by atoms with Gasteiger partial charge in [-0.25, -0.2) is 15.0 Å². The Kier molecular flexibility index (Phi) is 4.92. The van der Waals surface area contributed by atoms with E-state index in [4.69, 9.17) is 20.3 Å². The van der Waals surface area contributed by atoms with Crippen LogP contribution < -0.4 is 15.4 Å². The molecule has 0 fully saturated rings. The summed E-state index contributed by atoms with van der Waals surface area (Å²) in [5.41, 5.74) is 9.09. The lowest BCUT2D eigenvalue weighted by Crippen LogP contribution is -2.30. The maximum atomic E-state index is 8.68. The van der Waals surface area contributed by atoms with Crippen molar-refractivity contribution in [2.75, 3.05) is 17.2 Å². The van der Waals surface area contributed by atoms with Gasteiger partial charge in [-0.05, 0) is 26.0 Å². The van der Waals surface area contributed by atoms with Crippen molar-refractivity contribution in [2.45, 2.75) is 39.8 Å². The molecule has 3 N–H and O–H groups in total. The van der Waals surface area contributed by atoms with Gasteiger partial charge in [0, 0.05) is 43.3 Å². The van der Waals surface area contributed by atoms with E-state index in [2.05, 4.69) is 19.9 Å². The summed E-state index contributed by atoms with van der Waals surface area (Å²) in [5.74, 6) is 2.89. The monoisotopic (exact) mass is 392 g/mol. The summed E-state index contributed by atoms with van der Waals surface area (Å²) >= 11 is 0. The van der Waals surface area contributed by atoms with Crippen molar-refractivity contribution < 1.29 is 9.15 Å². The highest BCUT2D eigenvalue weighted by molar-refractivity contribution is 6.14. The first-order valence-electron chi connectivity index (χ1n) is 9.58. The second kappa shape index (κ2) is 7.54. The molecule has 0 saturated carbocycles. The van der Waals surface area contributed by atoms with Gasteiger partial charge in [0.1, 0.15) is 17.3 Å². The van der Waals surface area contributed by atoms with E-state index in [0.29, 0.717) is 35.3 Å². The summed E-state index contributed by atoms with van der Waals surface area (Å²) in [6.07, 6.45) is 4.02. The topological polar surface area (TPSA) is 114 Å². The Morgan fingerprint density at radius 3 is 2.93 bits per heavy atom. The minimum absolute atomic E-state index is 0.00940. The summed E-state index contributed by atoms with van der Waals surface area (Å²) < 4.78 is 11.3. The molecule has 0 atom stereocenters. The fraction of sp³-hybridized carbons (Fsp3) is 0.333. The maximum Gasteiger partial charge on any atom is 0.214 e. The summed E-state index contributed by atoms with van der Waals surface area (Å²) in [5, 5.41) is 8.68. The number of aryl methyl sites for hydroxylation is 1. The third kappa shape index (κ3) is 3.91. The second-order valence-electron chi connectivity index (χ2n) is 7.33. The van der Waals surface area contributed by atoms with Crippen LogP contribution in [-0.2, 0) is 13.0 Å². The number of aromatic nitrogens is 3. The molecular formula is C21H24N6O2. The molecule has 4 rings (SSSR count). The SMILES string of the molecule is Cc1nc2c(o1)CCN(c1cc(C(=N)c3cc(OC(C)C)ncc3N)ccn1)C2. The fourth-order valence-corrected chi connectivity index (χ4v) is 3.39. The predicted molar refractivity (Wildman–Crippen MR) is 111 cm³/mol. The molecule has 150 valence electrons. The van der Waals surface area contributed by atoms with Gasteiger partial charge in [-0.2, -0.15) is 0 Å². The number of ether oxygens (including phenoxy) is 1. The zero-order valence-corrected chi connectivity index (χ0v) is 16.8. The van der Waals surface area contributed by atoms with Crippen LogP contribution in [0.4, 0.5) is 11.5 Å². The van der Waals surface area contributed by atoms with Gasteiger partial charge in [-0.15, -0.1) is 0 Å². The molecule has 0 amide bonds. The summed E-state index contributed by atoms with van der Waals surface area (Å²) in [7, 11) is 0. The minimum atomic E-state index is -0.00940. The van der Waals surface area contributed by atoms with E-state index in [9.17, 15) is 0 Å². The van der Waals surface area contributed by atoms with E-state index >= 15 is 0 Å². The largest absolute Gasteiger partial charge is 0.475 e. The van der Waals surface area contributed by atoms with Crippen LogP contribution in [-0.4, -0.2) is 33.3 Å². The lowest BCUT2D eigenvalue weighted by molar-refractivity contribution is 0.232. The lowest BCUT2D eigenvalue weighted by atomic mass is 10.0. The van der Waals surface area contributed by atoms with Gasteiger partial charge in [-0.1, -0.05) is 0 Å². The molecule has 0 aliphatic carbocycles. The highest BCUT2D eigenvalue weighted by Crippen LogP contribution is 2.26. The number of hydrogen-bond acceptors (Lipinski definition) is 8. The van der Waals surface area contributed by atoms with Gasteiger partial charge in [-0.3, -0.25) is 5.41 Å². The Balaban J connectivity index is 1.60. The van der Waals surface area contributed by atoms with Crippen LogP contribution >= 0.6 is 0 Å². The van der Waals surface area contributed by atoms with E-state index < -0.39 is 0 Å². The van der Waals surface area contributed by atoms with Crippen LogP contribution in [0.25, 0.3) is 0 Å². The van der Waals surface area contributed by atoms with Gasteiger partial charge < -0.3 is 19.8 Å². The molecule has 8 heteroatoms. The number of nitrogen functional groups attached to an aromatic ring is 1. The quantitative estimate of drug-likeness (QED) is 0.641.